The van der Waals surface area contributed by atoms with Gasteiger partial charge in [-0.15, -0.1) is 0 Å². The Hall–Kier alpha value is -1.84. The Kier molecular flexibility index (Phi) is 2.42. The number of pyridine rings is 1. The Bertz CT molecular complexity index is 320. The molecule has 12 heavy (non-hydrogen) atoms. The second kappa shape index (κ2) is 3.52. The molecule has 0 spiro atoms. The molecule has 1 aromatic rings. The molecule has 0 aliphatic heterocycles. The van der Waals surface area contributed by atoms with E-state index in [2.05, 4.69) is 0 Å². The lowest BCUT2D eigenvalue weighted by Gasteiger charge is -1.96. The van der Waals surface area contributed by atoms with Crippen molar-refractivity contribution in [1.82, 2.24) is 0 Å². The van der Waals surface area contributed by atoms with E-state index >= 15 is 0 Å². The zero-order chi connectivity index (χ0) is 8.97. The molecule has 0 bridgehead atoms. The molecule has 1 aromatic heterocycles. The van der Waals surface area contributed by atoms with Crippen molar-refractivity contribution >= 4 is 12.0 Å². The van der Waals surface area contributed by atoms with Gasteiger partial charge >= 0.3 is 5.97 Å². The van der Waals surface area contributed by atoms with Gasteiger partial charge in [0, 0.05) is 24.3 Å². The Morgan fingerprint density at radius 1 is 1.58 bits per heavy atom. The SMILES string of the molecule is O=C(O)C=Cc1cccc[n+]1[O-]. The first kappa shape index (κ1) is 8.26. The third-order valence-corrected chi connectivity index (χ3v) is 1.25. The number of hydrogen-bond acceptors (Lipinski definition) is 2. The lowest BCUT2D eigenvalue weighted by molar-refractivity contribution is -0.607. The van der Waals surface area contributed by atoms with Crippen LogP contribution in [0, 0.1) is 5.21 Å². The topological polar surface area (TPSA) is 64.2 Å². The molecule has 0 aromatic carbocycles. The maximum absolute atomic E-state index is 10.9. The van der Waals surface area contributed by atoms with Crippen molar-refractivity contribution in [2.75, 3.05) is 0 Å². The van der Waals surface area contributed by atoms with Gasteiger partial charge in [-0.2, -0.15) is 4.73 Å². The number of carboxylic acid groups (broad SMARTS) is 1. The summed E-state index contributed by atoms with van der Waals surface area (Å²) in [6, 6.07) is 4.77. The first-order valence-corrected chi connectivity index (χ1v) is 3.29. The first-order chi connectivity index (χ1) is 5.70. The first-order valence-electron chi connectivity index (χ1n) is 3.29. The van der Waals surface area contributed by atoms with Gasteiger partial charge in [0.2, 0.25) is 5.69 Å². The van der Waals surface area contributed by atoms with Crippen LogP contribution in [-0.4, -0.2) is 11.1 Å². The van der Waals surface area contributed by atoms with Gasteiger partial charge in [-0.1, -0.05) is 0 Å². The summed E-state index contributed by atoms with van der Waals surface area (Å²) < 4.78 is 0.597. The zero-order valence-corrected chi connectivity index (χ0v) is 6.18. The number of nitrogens with zero attached hydrogens (tertiary/aromatic N) is 1. The van der Waals surface area contributed by atoms with Crippen molar-refractivity contribution in [3.63, 3.8) is 0 Å². The van der Waals surface area contributed by atoms with Gasteiger partial charge in [0.1, 0.15) is 0 Å². The van der Waals surface area contributed by atoms with Gasteiger partial charge in [-0.05, 0) is 6.07 Å². The van der Waals surface area contributed by atoms with E-state index in [-0.39, 0.29) is 0 Å². The highest BCUT2D eigenvalue weighted by molar-refractivity contribution is 5.84. The fraction of sp³-hybridized carbons (Fsp3) is 0. The number of rotatable bonds is 2. The smallest absolute Gasteiger partial charge is 0.328 e. The zero-order valence-electron chi connectivity index (χ0n) is 6.18. The number of hydrogen-bond donors (Lipinski definition) is 1. The Morgan fingerprint density at radius 2 is 2.33 bits per heavy atom. The summed E-state index contributed by atoms with van der Waals surface area (Å²) in [7, 11) is 0. The van der Waals surface area contributed by atoms with Crippen molar-refractivity contribution in [3.8, 4) is 0 Å². The summed E-state index contributed by atoms with van der Waals surface area (Å²) in [4.78, 5) is 10.1. The minimum atomic E-state index is -1.07. The number of carboxylic acids is 1. The van der Waals surface area contributed by atoms with Crippen LogP contribution in [0.2, 0.25) is 0 Å². The van der Waals surface area contributed by atoms with E-state index in [1.54, 1.807) is 12.1 Å². The van der Waals surface area contributed by atoms with Crippen LogP contribution in [0.4, 0.5) is 0 Å². The average Bonchev–Trinajstić information content (AvgIpc) is 2.03. The molecule has 0 radical (unpaired) electrons. The van der Waals surface area contributed by atoms with Crippen LogP contribution < -0.4 is 4.73 Å². The maximum Gasteiger partial charge on any atom is 0.328 e. The molecule has 0 saturated heterocycles. The monoisotopic (exact) mass is 165 g/mol. The third kappa shape index (κ3) is 2.09. The quantitative estimate of drug-likeness (QED) is 0.392. The van der Waals surface area contributed by atoms with Gasteiger partial charge in [0.25, 0.3) is 0 Å². The normalized spacial score (nSPS) is 10.3. The Balaban J connectivity index is 2.89. The molecule has 0 aliphatic carbocycles. The van der Waals surface area contributed by atoms with Crippen molar-refractivity contribution in [2.24, 2.45) is 0 Å². The summed E-state index contributed by atoms with van der Waals surface area (Å²) in [6.07, 6.45) is 3.47. The maximum atomic E-state index is 10.9. The minimum absolute atomic E-state index is 0.305. The standard InChI is InChI=1S/C8H7NO3/c10-8(11)5-4-7-3-1-2-6-9(7)12/h1-6H,(H,10,11). The van der Waals surface area contributed by atoms with Crippen LogP contribution in [0.25, 0.3) is 6.08 Å². The van der Waals surface area contributed by atoms with Crippen molar-refractivity contribution in [2.45, 2.75) is 0 Å². The molecule has 1 heterocycles. The van der Waals surface area contributed by atoms with E-state index in [0.717, 1.165) is 6.08 Å². The molecule has 0 aliphatic rings. The number of aliphatic carboxylic acids is 1. The van der Waals surface area contributed by atoms with Crippen LogP contribution in [0.1, 0.15) is 5.69 Å². The van der Waals surface area contributed by atoms with Gasteiger partial charge < -0.3 is 10.3 Å². The molecule has 0 unspecified atom stereocenters. The van der Waals surface area contributed by atoms with E-state index in [9.17, 15) is 10.0 Å². The Labute approximate surface area is 69.0 Å². The lowest BCUT2D eigenvalue weighted by Crippen LogP contribution is -2.28. The molecular weight excluding hydrogens is 158 g/mol. The molecule has 4 nitrogen and oxygen atoms in total. The second-order valence-electron chi connectivity index (χ2n) is 2.12. The molecule has 62 valence electrons. The van der Waals surface area contributed by atoms with Gasteiger partial charge in [0.15, 0.2) is 6.20 Å². The second-order valence-corrected chi connectivity index (χ2v) is 2.12. The summed E-state index contributed by atoms with van der Waals surface area (Å²) in [5.41, 5.74) is 0.305. The van der Waals surface area contributed by atoms with E-state index in [1.807, 2.05) is 0 Å². The van der Waals surface area contributed by atoms with Gasteiger partial charge in [-0.3, -0.25) is 0 Å². The Morgan fingerprint density at radius 3 is 2.92 bits per heavy atom. The largest absolute Gasteiger partial charge is 0.618 e. The van der Waals surface area contributed by atoms with Crippen LogP contribution in [-0.2, 0) is 4.79 Å². The number of aromatic nitrogens is 1. The van der Waals surface area contributed by atoms with Crippen molar-refractivity contribution in [3.05, 3.63) is 41.4 Å². The van der Waals surface area contributed by atoms with Gasteiger partial charge in [-0.25, -0.2) is 4.79 Å². The van der Waals surface area contributed by atoms with E-state index in [1.165, 1.54) is 18.3 Å². The fourth-order valence-corrected chi connectivity index (χ4v) is 0.727. The van der Waals surface area contributed by atoms with E-state index < -0.39 is 5.97 Å². The molecule has 0 fully saturated rings. The van der Waals surface area contributed by atoms with E-state index in [4.69, 9.17) is 5.11 Å². The third-order valence-electron chi connectivity index (χ3n) is 1.25. The van der Waals surface area contributed by atoms with Crippen LogP contribution in [0.5, 0.6) is 0 Å². The predicted molar refractivity (Wildman–Crippen MR) is 42.1 cm³/mol. The predicted octanol–water partition coefficient (Wildman–Crippen LogP) is 0.418. The summed E-state index contributed by atoms with van der Waals surface area (Å²) >= 11 is 0. The average molecular weight is 165 g/mol. The summed E-state index contributed by atoms with van der Waals surface area (Å²) in [5.74, 6) is -1.07. The van der Waals surface area contributed by atoms with Gasteiger partial charge in [0.05, 0.1) is 0 Å². The highest BCUT2D eigenvalue weighted by atomic mass is 16.5. The van der Waals surface area contributed by atoms with Crippen LogP contribution >= 0.6 is 0 Å². The molecular formula is C8H7NO3. The summed E-state index contributed by atoms with van der Waals surface area (Å²) in [5, 5.41) is 19.2. The van der Waals surface area contributed by atoms with Crippen molar-refractivity contribution < 1.29 is 14.6 Å². The van der Waals surface area contributed by atoms with Crippen molar-refractivity contribution in [1.29, 1.82) is 0 Å². The van der Waals surface area contributed by atoms with Crippen LogP contribution in [0.15, 0.2) is 30.5 Å². The lowest BCUT2D eigenvalue weighted by atomic mass is 10.3. The highest BCUT2D eigenvalue weighted by Gasteiger charge is 1.97. The minimum Gasteiger partial charge on any atom is -0.618 e. The van der Waals surface area contributed by atoms with Crippen LogP contribution in [0.3, 0.4) is 0 Å². The van der Waals surface area contributed by atoms with E-state index in [0.29, 0.717) is 10.4 Å². The molecule has 4 heteroatoms. The molecule has 1 N–H and O–H groups in total. The number of carbonyl (C=O) groups is 1. The summed E-state index contributed by atoms with van der Waals surface area (Å²) in [6.45, 7) is 0. The molecule has 1 rings (SSSR count). The highest BCUT2D eigenvalue weighted by Crippen LogP contribution is 1.93. The molecule has 0 saturated carbocycles. The fourth-order valence-electron chi connectivity index (χ4n) is 0.727. The molecule has 0 atom stereocenters. The molecule has 0 amide bonds.